The molecule has 1 aromatic carbocycles. The maximum absolute atomic E-state index is 11.2. The molecule has 0 amide bonds. The minimum absolute atomic E-state index is 0.0276. The van der Waals surface area contributed by atoms with Crippen molar-refractivity contribution in [2.45, 2.75) is 13.5 Å². The minimum atomic E-state index is -3.19. The standard InChI is InChI=1S/C10H15N3O2S/c1-2-16(14,15)13-7-8-4-3-5-9(6-8)10(11)12/h3-6,13H,2,7H2,1H3,(H3,11,12). The van der Waals surface area contributed by atoms with Gasteiger partial charge in [-0.3, -0.25) is 5.41 Å². The molecule has 0 atom stereocenters. The fraction of sp³-hybridized carbons (Fsp3) is 0.300. The number of nitrogens with two attached hydrogens (primary N) is 1. The van der Waals surface area contributed by atoms with Gasteiger partial charge < -0.3 is 5.73 Å². The molecule has 88 valence electrons. The molecule has 5 nitrogen and oxygen atoms in total. The lowest BCUT2D eigenvalue weighted by Crippen LogP contribution is -2.24. The molecule has 0 aromatic heterocycles. The van der Waals surface area contributed by atoms with Crippen molar-refractivity contribution >= 4 is 15.9 Å². The minimum Gasteiger partial charge on any atom is -0.384 e. The lowest BCUT2D eigenvalue weighted by Gasteiger charge is -2.06. The van der Waals surface area contributed by atoms with Crippen LogP contribution >= 0.6 is 0 Å². The number of benzene rings is 1. The zero-order valence-electron chi connectivity index (χ0n) is 9.03. The molecule has 4 N–H and O–H groups in total. The van der Waals surface area contributed by atoms with E-state index >= 15 is 0 Å². The molecule has 1 aromatic rings. The molecule has 0 unspecified atom stereocenters. The monoisotopic (exact) mass is 241 g/mol. The van der Waals surface area contributed by atoms with Crippen molar-refractivity contribution < 1.29 is 8.42 Å². The van der Waals surface area contributed by atoms with E-state index in [1.54, 1.807) is 31.2 Å². The molecule has 0 fully saturated rings. The van der Waals surface area contributed by atoms with Crippen molar-refractivity contribution in [1.29, 1.82) is 5.41 Å². The maximum atomic E-state index is 11.2. The van der Waals surface area contributed by atoms with E-state index in [0.717, 1.165) is 5.56 Å². The van der Waals surface area contributed by atoms with Gasteiger partial charge >= 0.3 is 0 Å². The van der Waals surface area contributed by atoms with E-state index < -0.39 is 10.0 Å². The highest BCUT2D eigenvalue weighted by Crippen LogP contribution is 2.04. The summed E-state index contributed by atoms with van der Waals surface area (Å²) >= 11 is 0. The highest BCUT2D eigenvalue weighted by molar-refractivity contribution is 7.89. The van der Waals surface area contributed by atoms with Gasteiger partial charge in [-0.05, 0) is 18.6 Å². The largest absolute Gasteiger partial charge is 0.384 e. The van der Waals surface area contributed by atoms with E-state index in [0.29, 0.717) is 5.56 Å². The lowest BCUT2D eigenvalue weighted by atomic mass is 10.1. The Morgan fingerprint density at radius 1 is 1.50 bits per heavy atom. The molecule has 1 rings (SSSR count). The summed E-state index contributed by atoms with van der Waals surface area (Å²) in [5.74, 6) is 0.0274. The van der Waals surface area contributed by atoms with Crippen LogP contribution in [0, 0.1) is 5.41 Å². The molecular weight excluding hydrogens is 226 g/mol. The predicted octanol–water partition coefficient (Wildman–Crippen LogP) is 0.410. The van der Waals surface area contributed by atoms with Gasteiger partial charge in [0.1, 0.15) is 5.84 Å². The van der Waals surface area contributed by atoms with Crippen molar-refractivity contribution in [3.05, 3.63) is 35.4 Å². The highest BCUT2D eigenvalue weighted by Gasteiger charge is 2.06. The van der Waals surface area contributed by atoms with Gasteiger partial charge in [-0.2, -0.15) is 0 Å². The van der Waals surface area contributed by atoms with Gasteiger partial charge in [-0.15, -0.1) is 0 Å². The third-order valence-corrected chi connectivity index (χ3v) is 3.46. The molecule has 0 saturated carbocycles. The molecule has 0 saturated heterocycles. The number of amidine groups is 1. The van der Waals surface area contributed by atoms with Gasteiger partial charge in [0, 0.05) is 12.1 Å². The van der Waals surface area contributed by atoms with Crippen LogP contribution in [-0.4, -0.2) is 20.0 Å². The van der Waals surface area contributed by atoms with E-state index in [4.69, 9.17) is 11.1 Å². The van der Waals surface area contributed by atoms with Crippen LogP contribution in [0.3, 0.4) is 0 Å². The van der Waals surface area contributed by atoms with E-state index in [9.17, 15) is 8.42 Å². The smallest absolute Gasteiger partial charge is 0.211 e. The van der Waals surface area contributed by atoms with Crippen LogP contribution < -0.4 is 10.5 Å². The van der Waals surface area contributed by atoms with E-state index in [-0.39, 0.29) is 18.1 Å². The van der Waals surface area contributed by atoms with Gasteiger partial charge in [0.2, 0.25) is 10.0 Å². The molecular formula is C10H15N3O2S. The van der Waals surface area contributed by atoms with Crippen molar-refractivity contribution in [2.75, 3.05) is 5.75 Å². The number of hydrogen-bond acceptors (Lipinski definition) is 3. The first-order valence-corrected chi connectivity index (χ1v) is 6.50. The van der Waals surface area contributed by atoms with Crippen LogP contribution in [0.25, 0.3) is 0 Å². The normalized spacial score (nSPS) is 11.3. The number of nitrogens with one attached hydrogen (secondary N) is 2. The first-order chi connectivity index (χ1) is 7.44. The van der Waals surface area contributed by atoms with E-state index in [2.05, 4.69) is 4.72 Å². The predicted molar refractivity (Wildman–Crippen MR) is 63.8 cm³/mol. The summed E-state index contributed by atoms with van der Waals surface area (Å²) in [6.45, 7) is 1.80. The second-order valence-electron chi connectivity index (χ2n) is 3.34. The number of hydrogen-bond donors (Lipinski definition) is 3. The Balaban J connectivity index is 2.75. The summed E-state index contributed by atoms with van der Waals surface area (Å²) in [5, 5.41) is 7.26. The molecule has 0 aliphatic rings. The lowest BCUT2D eigenvalue weighted by molar-refractivity contribution is 0.582. The van der Waals surface area contributed by atoms with Gasteiger partial charge in [0.05, 0.1) is 5.75 Å². The third kappa shape index (κ3) is 3.63. The molecule has 0 spiro atoms. The summed E-state index contributed by atoms with van der Waals surface area (Å²) in [5.41, 5.74) is 6.71. The van der Waals surface area contributed by atoms with Crippen molar-refractivity contribution in [1.82, 2.24) is 4.72 Å². The van der Waals surface area contributed by atoms with E-state index in [1.807, 2.05) is 0 Å². The fourth-order valence-electron chi connectivity index (χ4n) is 1.14. The highest BCUT2D eigenvalue weighted by atomic mass is 32.2. The van der Waals surface area contributed by atoms with Crippen molar-refractivity contribution in [2.24, 2.45) is 5.73 Å². The van der Waals surface area contributed by atoms with Crippen molar-refractivity contribution in [3.63, 3.8) is 0 Å². The Labute approximate surface area is 95.2 Å². The second-order valence-corrected chi connectivity index (χ2v) is 5.43. The van der Waals surface area contributed by atoms with Crippen LogP contribution in [0.5, 0.6) is 0 Å². The molecule has 0 heterocycles. The summed E-state index contributed by atoms with van der Waals surface area (Å²) < 4.78 is 24.9. The quantitative estimate of drug-likeness (QED) is 0.514. The van der Waals surface area contributed by atoms with Gasteiger partial charge in [0.25, 0.3) is 0 Å². The SMILES string of the molecule is CCS(=O)(=O)NCc1cccc(C(=N)N)c1. The molecule has 0 aliphatic heterocycles. The fourth-order valence-corrected chi connectivity index (χ4v) is 1.73. The Morgan fingerprint density at radius 3 is 2.75 bits per heavy atom. The number of sulfonamides is 1. The first kappa shape index (κ1) is 12.7. The van der Waals surface area contributed by atoms with Crippen LogP contribution in [0.15, 0.2) is 24.3 Å². The van der Waals surface area contributed by atoms with Crippen molar-refractivity contribution in [3.8, 4) is 0 Å². The van der Waals surface area contributed by atoms with Gasteiger partial charge in [-0.25, -0.2) is 13.1 Å². The average Bonchev–Trinajstić information content (AvgIpc) is 2.27. The summed E-state index contributed by atoms with van der Waals surface area (Å²) in [6, 6.07) is 6.93. The van der Waals surface area contributed by atoms with Crippen LogP contribution in [0.1, 0.15) is 18.1 Å². The molecule has 0 bridgehead atoms. The maximum Gasteiger partial charge on any atom is 0.211 e. The Kier molecular flexibility index (Phi) is 4.03. The molecule has 6 heteroatoms. The summed E-state index contributed by atoms with van der Waals surface area (Å²) in [4.78, 5) is 0. The van der Waals surface area contributed by atoms with Crippen LogP contribution in [0.4, 0.5) is 0 Å². The number of rotatable bonds is 5. The molecule has 16 heavy (non-hydrogen) atoms. The first-order valence-electron chi connectivity index (χ1n) is 4.85. The average molecular weight is 241 g/mol. The summed E-state index contributed by atoms with van der Waals surface area (Å²) in [6.07, 6.45) is 0. The Hall–Kier alpha value is -1.40. The van der Waals surface area contributed by atoms with Crippen LogP contribution in [-0.2, 0) is 16.6 Å². The zero-order valence-corrected chi connectivity index (χ0v) is 9.84. The zero-order chi connectivity index (χ0) is 12.2. The van der Waals surface area contributed by atoms with Gasteiger partial charge in [0.15, 0.2) is 0 Å². The second kappa shape index (κ2) is 5.09. The van der Waals surface area contributed by atoms with Crippen LogP contribution in [0.2, 0.25) is 0 Å². The molecule has 0 radical (unpaired) electrons. The van der Waals surface area contributed by atoms with Gasteiger partial charge in [-0.1, -0.05) is 18.2 Å². The Bertz CT molecular complexity index is 483. The summed E-state index contributed by atoms with van der Waals surface area (Å²) in [7, 11) is -3.19. The Morgan fingerprint density at radius 2 is 2.19 bits per heavy atom. The topological polar surface area (TPSA) is 96.0 Å². The van der Waals surface area contributed by atoms with E-state index in [1.165, 1.54) is 0 Å². The number of nitrogen functional groups attached to an aromatic ring is 1. The third-order valence-electron chi connectivity index (χ3n) is 2.11. The molecule has 0 aliphatic carbocycles.